The molecule has 0 unspecified atom stereocenters. The van der Waals surface area contributed by atoms with Crippen molar-refractivity contribution >= 4 is 32.5 Å². The smallest absolute Gasteiger partial charge is 0.211 e. The van der Waals surface area contributed by atoms with Gasteiger partial charge in [-0.05, 0) is 42.2 Å². The van der Waals surface area contributed by atoms with E-state index in [1.54, 1.807) is 0 Å². The molecule has 0 atom stereocenters. The molecule has 3 rings (SSSR count). The summed E-state index contributed by atoms with van der Waals surface area (Å²) in [5.74, 6) is 0.0940. The molecule has 0 bridgehead atoms. The topological polar surface area (TPSA) is 62.0 Å². The van der Waals surface area contributed by atoms with E-state index in [1.807, 2.05) is 54.7 Å². The molecule has 3 aromatic rings. The van der Waals surface area contributed by atoms with Gasteiger partial charge in [0.1, 0.15) is 0 Å². The number of halogens is 1. The third kappa shape index (κ3) is 4.38. The lowest BCUT2D eigenvalue weighted by Crippen LogP contribution is -2.29. The summed E-state index contributed by atoms with van der Waals surface area (Å²) in [6.07, 6.45) is 3.03. The molecular weight excluding hydrogens is 344 g/mol. The van der Waals surface area contributed by atoms with Gasteiger partial charge in [-0.1, -0.05) is 41.9 Å². The van der Waals surface area contributed by atoms with Gasteiger partial charge in [-0.3, -0.25) is 0 Å². The lowest BCUT2D eigenvalue weighted by atomic mass is 10.1. The minimum absolute atomic E-state index is 0.0940. The van der Waals surface area contributed by atoms with Gasteiger partial charge in [0.15, 0.2) is 0 Å². The maximum absolute atomic E-state index is 12.1. The largest absolute Gasteiger partial charge is 0.361 e. The number of aromatic amines is 1. The Morgan fingerprint density at radius 2 is 1.83 bits per heavy atom. The highest BCUT2D eigenvalue weighted by atomic mass is 35.5. The molecule has 126 valence electrons. The fourth-order valence-corrected chi connectivity index (χ4v) is 3.90. The van der Waals surface area contributed by atoms with Crippen LogP contribution in [0.2, 0.25) is 5.02 Å². The number of H-pyrrole nitrogens is 1. The SMILES string of the molecule is O=S(=O)(CCc1ccccc1)NCCc1c[nH]c2ccc(Cl)cc12. The molecule has 0 amide bonds. The van der Waals surface area contributed by atoms with Crippen molar-refractivity contribution < 1.29 is 8.42 Å². The van der Waals surface area contributed by atoms with Crippen LogP contribution >= 0.6 is 11.6 Å². The number of aryl methyl sites for hydroxylation is 1. The normalized spacial score (nSPS) is 11.9. The van der Waals surface area contributed by atoms with Crippen LogP contribution < -0.4 is 4.72 Å². The Kier molecular flexibility index (Phi) is 5.23. The number of hydrogen-bond donors (Lipinski definition) is 2. The van der Waals surface area contributed by atoms with Crippen molar-refractivity contribution in [2.24, 2.45) is 0 Å². The third-order valence-corrected chi connectivity index (χ3v) is 5.57. The van der Waals surface area contributed by atoms with Crippen molar-refractivity contribution in [3.63, 3.8) is 0 Å². The molecule has 6 heteroatoms. The first-order valence-electron chi connectivity index (χ1n) is 7.80. The molecule has 0 aliphatic rings. The molecule has 2 aromatic carbocycles. The minimum atomic E-state index is -3.28. The van der Waals surface area contributed by atoms with E-state index in [2.05, 4.69) is 9.71 Å². The molecule has 0 fully saturated rings. The molecular formula is C18H19ClN2O2S. The zero-order valence-electron chi connectivity index (χ0n) is 13.1. The van der Waals surface area contributed by atoms with Crippen LogP contribution in [0.15, 0.2) is 54.7 Å². The molecule has 0 saturated heterocycles. The van der Waals surface area contributed by atoms with Gasteiger partial charge in [-0.2, -0.15) is 0 Å². The van der Waals surface area contributed by atoms with Crippen molar-refractivity contribution in [3.05, 3.63) is 70.9 Å². The molecule has 0 saturated carbocycles. The van der Waals surface area contributed by atoms with Crippen LogP contribution in [-0.4, -0.2) is 25.7 Å². The average molecular weight is 363 g/mol. The molecule has 4 nitrogen and oxygen atoms in total. The van der Waals surface area contributed by atoms with Crippen LogP contribution in [0.3, 0.4) is 0 Å². The summed E-state index contributed by atoms with van der Waals surface area (Å²) >= 11 is 6.03. The lowest BCUT2D eigenvalue weighted by molar-refractivity contribution is 0.581. The maximum Gasteiger partial charge on any atom is 0.211 e. The van der Waals surface area contributed by atoms with Crippen LogP contribution in [0, 0.1) is 0 Å². The summed E-state index contributed by atoms with van der Waals surface area (Å²) < 4.78 is 26.9. The molecule has 0 spiro atoms. The number of aromatic nitrogens is 1. The Morgan fingerprint density at radius 1 is 1.04 bits per heavy atom. The Morgan fingerprint density at radius 3 is 2.62 bits per heavy atom. The third-order valence-electron chi connectivity index (χ3n) is 3.95. The van der Waals surface area contributed by atoms with Crippen LogP contribution in [0.5, 0.6) is 0 Å². The van der Waals surface area contributed by atoms with E-state index in [9.17, 15) is 8.42 Å². The Hall–Kier alpha value is -1.82. The van der Waals surface area contributed by atoms with Crippen LogP contribution in [0.4, 0.5) is 0 Å². The highest BCUT2D eigenvalue weighted by Crippen LogP contribution is 2.22. The van der Waals surface area contributed by atoms with Gasteiger partial charge >= 0.3 is 0 Å². The van der Waals surface area contributed by atoms with E-state index in [1.165, 1.54) is 0 Å². The number of rotatable bonds is 7. The second-order valence-corrected chi connectivity index (χ2v) is 8.07. The van der Waals surface area contributed by atoms with Crippen molar-refractivity contribution in [2.75, 3.05) is 12.3 Å². The lowest BCUT2D eigenvalue weighted by Gasteiger charge is -2.07. The molecule has 0 aliphatic carbocycles. The molecule has 24 heavy (non-hydrogen) atoms. The second kappa shape index (κ2) is 7.38. The van der Waals surface area contributed by atoms with Crippen molar-refractivity contribution in [3.8, 4) is 0 Å². The minimum Gasteiger partial charge on any atom is -0.361 e. The zero-order chi connectivity index (χ0) is 17.0. The van der Waals surface area contributed by atoms with E-state index in [0.717, 1.165) is 22.0 Å². The van der Waals surface area contributed by atoms with Gasteiger partial charge < -0.3 is 4.98 Å². The van der Waals surface area contributed by atoms with E-state index >= 15 is 0 Å². The van der Waals surface area contributed by atoms with Gasteiger partial charge in [0, 0.05) is 28.7 Å². The highest BCUT2D eigenvalue weighted by Gasteiger charge is 2.11. The Balaban J connectivity index is 1.55. The van der Waals surface area contributed by atoms with Gasteiger partial charge in [-0.25, -0.2) is 13.1 Å². The molecule has 2 N–H and O–H groups in total. The number of nitrogens with one attached hydrogen (secondary N) is 2. The predicted molar refractivity (Wildman–Crippen MR) is 98.9 cm³/mol. The first-order chi connectivity index (χ1) is 11.5. The first-order valence-corrected chi connectivity index (χ1v) is 9.83. The van der Waals surface area contributed by atoms with Crippen molar-refractivity contribution in [1.82, 2.24) is 9.71 Å². The van der Waals surface area contributed by atoms with Crippen LogP contribution in [-0.2, 0) is 22.9 Å². The average Bonchev–Trinajstić information content (AvgIpc) is 2.96. The monoisotopic (exact) mass is 362 g/mol. The molecule has 1 heterocycles. The Bertz CT molecular complexity index is 921. The zero-order valence-corrected chi connectivity index (χ0v) is 14.7. The van der Waals surface area contributed by atoms with Crippen LogP contribution in [0.25, 0.3) is 10.9 Å². The summed E-state index contributed by atoms with van der Waals surface area (Å²) in [6.45, 7) is 0.372. The number of fused-ring (bicyclic) bond motifs is 1. The predicted octanol–water partition coefficient (Wildman–Crippen LogP) is 3.53. The summed E-state index contributed by atoms with van der Waals surface area (Å²) in [7, 11) is -3.28. The van der Waals surface area contributed by atoms with E-state index in [0.29, 0.717) is 24.4 Å². The molecule has 1 aromatic heterocycles. The molecule has 0 aliphatic heterocycles. The summed E-state index contributed by atoms with van der Waals surface area (Å²) in [6, 6.07) is 15.3. The van der Waals surface area contributed by atoms with Crippen molar-refractivity contribution in [1.29, 1.82) is 0 Å². The van der Waals surface area contributed by atoms with Crippen molar-refractivity contribution in [2.45, 2.75) is 12.8 Å². The first kappa shape index (κ1) is 17.0. The fourth-order valence-electron chi connectivity index (χ4n) is 2.67. The second-order valence-electron chi connectivity index (χ2n) is 5.70. The summed E-state index contributed by atoms with van der Waals surface area (Å²) in [5, 5.41) is 1.71. The molecule has 0 radical (unpaired) electrons. The quantitative estimate of drug-likeness (QED) is 0.675. The van der Waals surface area contributed by atoms with Gasteiger partial charge in [0.2, 0.25) is 10.0 Å². The summed E-state index contributed by atoms with van der Waals surface area (Å²) in [4.78, 5) is 3.17. The fraction of sp³-hybridized carbons (Fsp3) is 0.222. The standard InChI is InChI=1S/C18H19ClN2O2S/c19-16-6-7-18-17(12-16)15(13-20-18)8-10-21-24(22,23)11-9-14-4-2-1-3-5-14/h1-7,12-13,20-21H,8-11H2. The number of benzene rings is 2. The van der Waals surface area contributed by atoms with E-state index in [4.69, 9.17) is 11.6 Å². The maximum atomic E-state index is 12.1. The number of sulfonamides is 1. The van der Waals surface area contributed by atoms with Gasteiger partial charge in [0.05, 0.1) is 5.75 Å². The van der Waals surface area contributed by atoms with Gasteiger partial charge in [0.25, 0.3) is 0 Å². The Labute approximate surface area is 146 Å². The highest BCUT2D eigenvalue weighted by molar-refractivity contribution is 7.89. The van der Waals surface area contributed by atoms with E-state index < -0.39 is 10.0 Å². The van der Waals surface area contributed by atoms with E-state index in [-0.39, 0.29) is 5.75 Å². The van der Waals surface area contributed by atoms with Gasteiger partial charge in [-0.15, -0.1) is 0 Å². The van der Waals surface area contributed by atoms with Crippen LogP contribution in [0.1, 0.15) is 11.1 Å². The number of hydrogen-bond acceptors (Lipinski definition) is 2. The summed E-state index contributed by atoms with van der Waals surface area (Å²) in [5.41, 5.74) is 3.08.